The minimum absolute atomic E-state index is 0.0190. The van der Waals surface area contributed by atoms with Crippen molar-refractivity contribution >= 4 is 6.09 Å². The van der Waals surface area contributed by atoms with Gasteiger partial charge < -0.3 is 20.9 Å². The quantitative estimate of drug-likeness (QED) is 0.709. The van der Waals surface area contributed by atoms with E-state index in [4.69, 9.17) is 10.5 Å². The standard InChI is InChI=1S/C13H20N2O3/c1-2-12(16)9-18-13(17)15-8-11-5-3-4-10(6-11)7-14/h3-6,12,16H,2,7-9,14H2,1H3,(H,15,17). The van der Waals surface area contributed by atoms with Gasteiger partial charge in [-0.05, 0) is 17.5 Å². The van der Waals surface area contributed by atoms with Crippen molar-refractivity contribution in [1.29, 1.82) is 0 Å². The number of aliphatic hydroxyl groups is 1. The topological polar surface area (TPSA) is 84.6 Å². The fraction of sp³-hybridized carbons (Fsp3) is 0.462. The second-order valence-corrected chi connectivity index (χ2v) is 4.04. The molecule has 1 aromatic carbocycles. The second-order valence-electron chi connectivity index (χ2n) is 4.04. The summed E-state index contributed by atoms with van der Waals surface area (Å²) in [5, 5.41) is 11.9. The molecule has 1 atom stereocenters. The van der Waals surface area contributed by atoms with Crippen molar-refractivity contribution in [2.45, 2.75) is 32.5 Å². The van der Waals surface area contributed by atoms with E-state index in [0.717, 1.165) is 11.1 Å². The summed E-state index contributed by atoms with van der Waals surface area (Å²) < 4.78 is 4.85. The van der Waals surface area contributed by atoms with E-state index in [1.807, 2.05) is 31.2 Å². The normalized spacial score (nSPS) is 11.9. The summed E-state index contributed by atoms with van der Waals surface area (Å²) in [6.07, 6.45) is -0.566. The van der Waals surface area contributed by atoms with E-state index in [1.165, 1.54) is 0 Å². The molecular weight excluding hydrogens is 232 g/mol. The predicted molar refractivity (Wildman–Crippen MR) is 68.8 cm³/mol. The van der Waals surface area contributed by atoms with Crippen LogP contribution in [0.2, 0.25) is 0 Å². The Balaban J connectivity index is 2.33. The summed E-state index contributed by atoms with van der Waals surface area (Å²) >= 11 is 0. The third kappa shape index (κ3) is 5.16. The van der Waals surface area contributed by atoms with Gasteiger partial charge in [-0.3, -0.25) is 0 Å². The number of carbonyl (C=O) groups excluding carboxylic acids is 1. The predicted octanol–water partition coefficient (Wildman–Crippen LogP) is 1.14. The SMILES string of the molecule is CCC(O)COC(=O)NCc1cccc(CN)c1. The van der Waals surface area contributed by atoms with Gasteiger partial charge in [0.2, 0.25) is 0 Å². The first-order valence-corrected chi connectivity index (χ1v) is 6.02. The van der Waals surface area contributed by atoms with Gasteiger partial charge in [-0.1, -0.05) is 31.2 Å². The number of amides is 1. The van der Waals surface area contributed by atoms with Gasteiger partial charge in [0.15, 0.2) is 0 Å². The van der Waals surface area contributed by atoms with Crippen LogP contribution < -0.4 is 11.1 Å². The molecule has 0 saturated carbocycles. The van der Waals surface area contributed by atoms with Gasteiger partial charge in [-0.15, -0.1) is 0 Å². The van der Waals surface area contributed by atoms with E-state index < -0.39 is 12.2 Å². The zero-order valence-corrected chi connectivity index (χ0v) is 10.6. The molecule has 0 aliphatic rings. The molecule has 5 heteroatoms. The monoisotopic (exact) mass is 252 g/mol. The van der Waals surface area contributed by atoms with Gasteiger partial charge in [0.1, 0.15) is 6.61 Å². The van der Waals surface area contributed by atoms with Crippen LogP contribution in [-0.4, -0.2) is 23.9 Å². The van der Waals surface area contributed by atoms with Crippen LogP contribution in [0.5, 0.6) is 0 Å². The first kappa shape index (κ1) is 14.5. The summed E-state index contributed by atoms with van der Waals surface area (Å²) in [6, 6.07) is 7.66. The lowest BCUT2D eigenvalue weighted by atomic mass is 10.1. The van der Waals surface area contributed by atoms with Gasteiger partial charge in [-0.2, -0.15) is 0 Å². The zero-order valence-electron chi connectivity index (χ0n) is 10.6. The van der Waals surface area contributed by atoms with Crippen LogP contribution in [0.25, 0.3) is 0 Å². The maximum Gasteiger partial charge on any atom is 0.407 e. The van der Waals surface area contributed by atoms with Crippen molar-refractivity contribution in [3.63, 3.8) is 0 Å². The number of benzene rings is 1. The van der Waals surface area contributed by atoms with Gasteiger partial charge in [-0.25, -0.2) is 4.79 Å². The maximum atomic E-state index is 11.3. The Bertz CT molecular complexity index is 382. The largest absolute Gasteiger partial charge is 0.447 e. The molecule has 5 nitrogen and oxygen atoms in total. The lowest BCUT2D eigenvalue weighted by Gasteiger charge is -2.10. The van der Waals surface area contributed by atoms with Gasteiger partial charge in [0.05, 0.1) is 6.10 Å². The van der Waals surface area contributed by atoms with Crippen molar-refractivity contribution < 1.29 is 14.6 Å². The number of hydrogen-bond donors (Lipinski definition) is 3. The van der Waals surface area contributed by atoms with E-state index in [9.17, 15) is 9.90 Å². The number of alkyl carbamates (subject to hydrolysis) is 1. The van der Waals surface area contributed by atoms with E-state index in [0.29, 0.717) is 19.5 Å². The number of rotatable bonds is 6. The first-order chi connectivity index (χ1) is 8.65. The Morgan fingerprint density at radius 2 is 2.22 bits per heavy atom. The van der Waals surface area contributed by atoms with Crippen molar-refractivity contribution in [3.05, 3.63) is 35.4 Å². The molecule has 100 valence electrons. The summed E-state index contributed by atoms with van der Waals surface area (Å²) in [7, 11) is 0. The van der Waals surface area contributed by atoms with Crippen LogP contribution in [0.1, 0.15) is 24.5 Å². The molecule has 0 aliphatic carbocycles. The lowest BCUT2D eigenvalue weighted by Crippen LogP contribution is -2.27. The molecule has 0 bridgehead atoms. The van der Waals surface area contributed by atoms with E-state index in [-0.39, 0.29) is 6.61 Å². The van der Waals surface area contributed by atoms with Crippen LogP contribution in [0.15, 0.2) is 24.3 Å². The molecule has 0 radical (unpaired) electrons. The third-order valence-electron chi connectivity index (χ3n) is 2.54. The van der Waals surface area contributed by atoms with Crippen LogP contribution in [-0.2, 0) is 17.8 Å². The third-order valence-corrected chi connectivity index (χ3v) is 2.54. The highest BCUT2D eigenvalue weighted by molar-refractivity contribution is 5.67. The minimum Gasteiger partial charge on any atom is -0.447 e. The highest BCUT2D eigenvalue weighted by Crippen LogP contribution is 2.04. The van der Waals surface area contributed by atoms with E-state index in [1.54, 1.807) is 0 Å². The van der Waals surface area contributed by atoms with Crippen molar-refractivity contribution in [3.8, 4) is 0 Å². The molecule has 0 saturated heterocycles. The number of carbonyl (C=O) groups is 1. The number of nitrogens with two attached hydrogens (primary N) is 1. The smallest absolute Gasteiger partial charge is 0.407 e. The molecular formula is C13H20N2O3. The van der Waals surface area contributed by atoms with Crippen molar-refractivity contribution in [2.75, 3.05) is 6.61 Å². The molecule has 4 N–H and O–H groups in total. The number of ether oxygens (including phenoxy) is 1. The average Bonchev–Trinajstić information content (AvgIpc) is 2.42. The maximum absolute atomic E-state index is 11.3. The average molecular weight is 252 g/mol. The Labute approximate surface area is 107 Å². The van der Waals surface area contributed by atoms with Crippen LogP contribution in [0.4, 0.5) is 4.79 Å². The van der Waals surface area contributed by atoms with Gasteiger partial charge >= 0.3 is 6.09 Å². The molecule has 1 unspecified atom stereocenters. The first-order valence-electron chi connectivity index (χ1n) is 6.02. The molecule has 0 spiro atoms. The molecule has 0 heterocycles. The summed E-state index contributed by atoms with van der Waals surface area (Å²) in [5.41, 5.74) is 7.51. The Morgan fingerprint density at radius 3 is 2.89 bits per heavy atom. The molecule has 1 rings (SSSR count). The minimum atomic E-state index is -0.601. The molecule has 0 aliphatic heterocycles. The molecule has 1 amide bonds. The van der Waals surface area contributed by atoms with Gasteiger partial charge in [0, 0.05) is 13.1 Å². The Hall–Kier alpha value is -1.59. The Morgan fingerprint density at radius 1 is 1.50 bits per heavy atom. The highest BCUT2D eigenvalue weighted by Gasteiger charge is 2.06. The van der Waals surface area contributed by atoms with Crippen LogP contribution in [0.3, 0.4) is 0 Å². The number of nitrogens with one attached hydrogen (secondary N) is 1. The second kappa shape index (κ2) is 7.68. The van der Waals surface area contributed by atoms with Crippen LogP contribution >= 0.6 is 0 Å². The highest BCUT2D eigenvalue weighted by atomic mass is 16.6. The Kier molecular flexibility index (Phi) is 6.18. The molecule has 0 aromatic heterocycles. The fourth-order valence-corrected chi connectivity index (χ4v) is 1.38. The van der Waals surface area contributed by atoms with Crippen molar-refractivity contribution in [1.82, 2.24) is 5.32 Å². The number of aliphatic hydroxyl groups excluding tert-OH is 1. The molecule has 18 heavy (non-hydrogen) atoms. The lowest BCUT2D eigenvalue weighted by molar-refractivity contribution is 0.0661. The van der Waals surface area contributed by atoms with E-state index in [2.05, 4.69) is 5.32 Å². The summed E-state index contributed by atoms with van der Waals surface area (Å²) in [6.45, 7) is 2.70. The molecule has 1 aromatic rings. The number of hydrogen-bond acceptors (Lipinski definition) is 4. The zero-order chi connectivity index (χ0) is 13.4. The van der Waals surface area contributed by atoms with Crippen molar-refractivity contribution in [2.24, 2.45) is 5.73 Å². The molecule has 0 fully saturated rings. The summed E-state index contributed by atoms with van der Waals surface area (Å²) in [5.74, 6) is 0. The van der Waals surface area contributed by atoms with E-state index >= 15 is 0 Å². The fourth-order valence-electron chi connectivity index (χ4n) is 1.38. The summed E-state index contributed by atoms with van der Waals surface area (Å²) in [4.78, 5) is 11.3. The van der Waals surface area contributed by atoms with Crippen LogP contribution in [0, 0.1) is 0 Å². The van der Waals surface area contributed by atoms with Gasteiger partial charge in [0.25, 0.3) is 0 Å².